The van der Waals surface area contributed by atoms with Crippen LogP contribution in [-0.4, -0.2) is 64.7 Å². The summed E-state index contributed by atoms with van der Waals surface area (Å²) >= 11 is 0. The molecule has 2 bridgehead atoms. The number of unbranched alkanes of at least 4 members (excludes halogenated alkanes) is 2. The first kappa shape index (κ1) is 30.0. The minimum absolute atomic E-state index is 0.296. The Morgan fingerprint density at radius 2 is 1.79 bits per heavy atom. The maximum atomic E-state index is 14.5. The third kappa shape index (κ3) is 5.07. The largest absolute Gasteiger partial charge is 0.494 e. The van der Waals surface area contributed by atoms with E-state index in [0.29, 0.717) is 43.9 Å². The number of fused-ring (bicyclic) bond motifs is 1. The third-order valence-corrected chi connectivity index (χ3v) is 9.36. The van der Waals surface area contributed by atoms with Crippen molar-refractivity contribution in [2.24, 2.45) is 11.8 Å². The monoisotopic (exact) mass is 577 g/mol. The second-order valence-corrected chi connectivity index (χ2v) is 11.6. The first-order valence-electron chi connectivity index (χ1n) is 15.3. The van der Waals surface area contributed by atoms with Crippen molar-refractivity contribution in [2.75, 3.05) is 25.1 Å². The standard InChI is InChI=1S/C33H43N3O6/c1-4-7-11-20-34-30(39)28-33-19-18-32(5-2,42-33)26(29(38)35-23-14-16-24(17-15-23)41-6-3)27(33)31(40)36(28)25(21-37)22-12-9-8-10-13-22/h8-10,12-17,25-28,37H,4-7,11,18-21H2,1-3H3,(H,34,39)(H,35,38)/t25-,26+,27+,28?,32-,33?/m1/s1. The van der Waals surface area contributed by atoms with Crippen molar-refractivity contribution in [3.05, 3.63) is 60.2 Å². The molecule has 6 atom stereocenters. The lowest BCUT2D eigenvalue weighted by molar-refractivity contribution is -0.150. The Morgan fingerprint density at radius 3 is 2.43 bits per heavy atom. The molecule has 3 N–H and O–H groups in total. The predicted octanol–water partition coefficient (Wildman–Crippen LogP) is 4.22. The highest BCUT2D eigenvalue weighted by Crippen LogP contribution is 2.65. The zero-order chi connectivity index (χ0) is 29.9. The highest BCUT2D eigenvalue weighted by molar-refractivity contribution is 6.02. The number of aliphatic hydroxyl groups is 1. The quantitative estimate of drug-likeness (QED) is 0.307. The highest BCUT2D eigenvalue weighted by atomic mass is 16.5. The van der Waals surface area contributed by atoms with Gasteiger partial charge < -0.3 is 30.1 Å². The summed E-state index contributed by atoms with van der Waals surface area (Å²) in [6, 6.07) is 14.7. The second-order valence-electron chi connectivity index (χ2n) is 11.6. The van der Waals surface area contributed by atoms with Gasteiger partial charge in [0.15, 0.2) is 0 Å². The summed E-state index contributed by atoms with van der Waals surface area (Å²) in [6.07, 6.45) is 4.41. The number of rotatable bonds is 13. The minimum Gasteiger partial charge on any atom is -0.494 e. The number of hydrogen-bond donors (Lipinski definition) is 3. The number of nitrogens with zero attached hydrogens (tertiary/aromatic N) is 1. The Morgan fingerprint density at radius 1 is 1.05 bits per heavy atom. The Hall–Kier alpha value is -3.43. The summed E-state index contributed by atoms with van der Waals surface area (Å²) in [7, 11) is 0. The molecule has 42 heavy (non-hydrogen) atoms. The average molecular weight is 578 g/mol. The number of nitrogens with one attached hydrogen (secondary N) is 2. The van der Waals surface area contributed by atoms with Gasteiger partial charge in [0.2, 0.25) is 17.7 Å². The van der Waals surface area contributed by atoms with E-state index in [0.717, 1.165) is 24.8 Å². The van der Waals surface area contributed by atoms with E-state index in [2.05, 4.69) is 17.6 Å². The number of hydrogen-bond acceptors (Lipinski definition) is 6. The fourth-order valence-electron chi connectivity index (χ4n) is 7.42. The van der Waals surface area contributed by atoms with Crippen molar-refractivity contribution in [1.82, 2.24) is 10.2 Å². The summed E-state index contributed by atoms with van der Waals surface area (Å²) in [4.78, 5) is 44.1. The van der Waals surface area contributed by atoms with Crippen molar-refractivity contribution >= 4 is 23.4 Å². The summed E-state index contributed by atoms with van der Waals surface area (Å²) < 4.78 is 12.4. The molecule has 2 unspecified atom stereocenters. The molecule has 9 nitrogen and oxygen atoms in total. The Balaban J connectivity index is 1.52. The van der Waals surface area contributed by atoms with Crippen LogP contribution in [0.1, 0.15) is 70.9 Å². The Labute approximate surface area is 248 Å². The predicted molar refractivity (Wildman–Crippen MR) is 159 cm³/mol. The van der Waals surface area contributed by atoms with Crippen molar-refractivity contribution in [3.8, 4) is 5.75 Å². The van der Waals surface area contributed by atoms with Crippen molar-refractivity contribution < 1.29 is 29.0 Å². The number of likely N-dealkylation sites (tertiary alicyclic amines) is 1. The summed E-state index contributed by atoms with van der Waals surface area (Å²) in [6.45, 7) is 6.64. The number of aliphatic hydroxyl groups excluding tert-OH is 1. The molecule has 5 rings (SSSR count). The van der Waals surface area contributed by atoms with Gasteiger partial charge in [-0.15, -0.1) is 0 Å². The van der Waals surface area contributed by atoms with E-state index in [9.17, 15) is 19.5 Å². The minimum atomic E-state index is -1.16. The molecule has 3 aliphatic rings. The van der Waals surface area contributed by atoms with Crippen LogP contribution in [0.2, 0.25) is 0 Å². The van der Waals surface area contributed by atoms with Crippen molar-refractivity contribution in [3.63, 3.8) is 0 Å². The van der Waals surface area contributed by atoms with Crippen LogP contribution in [0.3, 0.4) is 0 Å². The molecular formula is C33H43N3O6. The first-order valence-corrected chi connectivity index (χ1v) is 15.3. The van der Waals surface area contributed by atoms with Crippen molar-refractivity contribution in [2.45, 2.75) is 82.6 Å². The lowest BCUT2D eigenvalue weighted by atomic mass is 9.65. The SMILES string of the molecule is CCCCCNC(=O)C1N([C@H](CO)c2ccccc2)C(=O)[C@@H]2[C@@H](C(=O)Nc3ccc(OCC)cc3)[C@@]3(CC)CCC12O3. The molecule has 0 aromatic heterocycles. The molecule has 3 saturated heterocycles. The van der Waals surface area contributed by atoms with Crippen molar-refractivity contribution in [1.29, 1.82) is 0 Å². The molecule has 0 aliphatic carbocycles. The van der Waals surface area contributed by atoms with Gasteiger partial charge in [-0.25, -0.2) is 0 Å². The van der Waals surface area contributed by atoms with Crippen LogP contribution in [0.15, 0.2) is 54.6 Å². The van der Waals surface area contributed by atoms with Gasteiger partial charge in [0, 0.05) is 12.2 Å². The first-order chi connectivity index (χ1) is 20.4. The van der Waals surface area contributed by atoms with Gasteiger partial charge in [0.05, 0.1) is 36.7 Å². The molecule has 3 amide bonds. The van der Waals surface area contributed by atoms with Crippen LogP contribution in [0.4, 0.5) is 5.69 Å². The molecule has 9 heteroatoms. The summed E-state index contributed by atoms with van der Waals surface area (Å²) in [5, 5.41) is 16.7. The van der Waals surface area contributed by atoms with Crippen LogP contribution in [-0.2, 0) is 19.1 Å². The van der Waals surface area contributed by atoms with E-state index in [1.165, 1.54) is 4.90 Å². The smallest absolute Gasteiger partial charge is 0.245 e. The van der Waals surface area contributed by atoms with E-state index < -0.39 is 35.1 Å². The number of anilines is 1. The third-order valence-electron chi connectivity index (χ3n) is 9.36. The number of carbonyl (C=O) groups excluding carboxylic acids is 3. The normalized spacial score (nSPS) is 28.4. The molecule has 3 heterocycles. The van der Waals surface area contributed by atoms with E-state index in [1.54, 1.807) is 24.3 Å². The van der Waals surface area contributed by atoms with E-state index in [-0.39, 0.29) is 24.3 Å². The zero-order valence-electron chi connectivity index (χ0n) is 24.8. The Kier molecular flexibility index (Phi) is 8.89. The fraction of sp³-hybridized carbons (Fsp3) is 0.545. The Bertz CT molecular complexity index is 1270. The molecule has 2 aromatic carbocycles. The van der Waals surface area contributed by atoms with Crippen LogP contribution in [0, 0.1) is 11.8 Å². The summed E-state index contributed by atoms with van der Waals surface area (Å²) in [5.41, 5.74) is -0.699. The highest BCUT2D eigenvalue weighted by Gasteiger charge is 2.79. The van der Waals surface area contributed by atoms with Gasteiger partial charge in [0.25, 0.3) is 0 Å². The lowest BCUT2D eigenvalue weighted by Gasteiger charge is -2.37. The molecule has 0 saturated carbocycles. The van der Waals surface area contributed by atoms with E-state index in [4.69, 9.17) is 9.47 Å². The fourth-order valence-corrected chi connectivity index (χ4v) is 7.42. The zero-order valence-corrected chi connectivity index (χ0v) is 24.8. The average Bonchev–Trinajstić information content (AvgIpc) is 3.61. The van der Waals surface area contributed by atoms with E-state index in [1.807, 2.05) is 44.2 Å². The molecular weight excluding hydrogens is 534 g/mol. The number of benzene rings is 2. The molecule has 1 spiro atoms. The topological polar surface area (TPSA) is 117 Å². The van der Waals surface area contributed by atoms with Crippen LogP contribution in [0.5, 0.6) is 5.75 Å². The van der Waals surface area contributed by atoms with Crippen LogP contribution >= 0.6 is 0 Å². The van der Waals surface area contributed by atoms with E-state index >= 15 is 0 Å². The number of carbonyl (C=O) groups is 3. The number of amides is 3. The summed E-state index contributed by atoms with van der Waals surface area (Å²) in [5.74, 6) is -1.86. The molecule has 3 aliphatic heterocycles. The lowest BCUT2D eigenvalue weighted by Crippen LogP contribution is -2.56. The van der Waals surface area contributed by atoms with Gasteiger partial charge in [-0.3, -0.25) is 14.4 Å². The maximum absolute atomic E-state index is 14.5. The molecule has 2 aromatic rings. The second kappa shape index (κ2) is 12.4. The van der Waals surface area contributed by atoms with Gasteiger partial charge >= 0.3 is 0 Å². The van der Waals surface area contributed by atoms with Gasteiger partial charge in [0.1, 0.15) is 17.4 Å². The van der Waals surface area contributed by atoms with Gasteiger partial charge in [-0.05, 0) is 62.4 Å². The van der Waals surface area contributed by atoms with Gasteiger partial charge in [-0.1, -0.05) is 57.0 Å². The number of ether oxygens (including phenoxy) is 2. The molecule has 3 fully saturated rings. The van der Waals surface area contributed by atoms with Crippen LogP contribution in [0.25, 0.3) is 0 Å². The van der Waals surface area contributed by atoms with Gasteiger partial charge in [-0.2, -0.15) is 0 Å². The molecule has 0 radical (unpaired) electrons. The molecule has 226 valence electrons. The van der Waals surface area contributed by atoms with Crippen LogP contribution < -0.4 is 15.4 Å². The maximum Gasteiger partial charge on any atom is 0.245 e.